The Labute approximate surface area is 214 Å². The number of amides is 2. The molecule has 2 aromatic heterocycles. The second kappa shape index (κ2) is 10.6. The van der Waals surface area contributed by atoms with E-state index in [9.17, 15) is 9.59 Å². The fourth-order valence-electron chi connectivity index (χ4n) is 4.44. The summed E-state index contributed by atoms with van der Waals surface area (Å²) in [6.45, 7) is 2.80. The summed E-state index contributed by atoms with van der Waals surface area (Å²) in [6.07, 6.45) is 4.04. The SMILES string of the molecule is Cc1noc(-c2ccc(Oc3cc(C(N)=O)ccc3CN3CC(CCc4ccccn4)CC3=O)cc2)n1. The molecule has 1 atom stereocenters. The van der Waals surface area contributed by atoms with Gasteiger partial charge in [0.1, 0.15) is 11.5 Å². The number of hydrogen-bond acceptors (Lipinski definition) is 7. The highest BCUT2D eigenvalue weighted by Crippen LogP contribution is 2.31. The van der Waals surface area contributed by atoms with Crippen molar-refractivity contribution in [3.63, 3.8) is 0 Å². The summed E-state index contributed by atoms with van der Waals surface area (Å²) in [4.78, 5) is 35.1. The van der Waals surface area contributed by atoms with E-state index in [2.05, 4.69) is 15.1 Å². The van der Waals surface area contributed by atoms with Crippen LogP contribution in [0.15, 0.2) is 71.4 Å². The molecule has 1 aliphatic heterocycles. The molecule has 9 heteroatoms. The first-order valence-corrected chi connectivity index (χ1v) is 12.1. The summed E-state index contributed by atoms with van der Waals surface area (Å²) in [6, 6.07) is 18.1. The van der Waals surface area contributed by atoms with Gasteiger partial charge in [0.05, 0.1) is 0 Å². The lowest BCUT2D eigenvalue weighted by atomic mass is 10.0. The van der Waals surface area contributed by atoms with Crippen molar-refractivity contribution < 1.29 is 18.8 Å². The number of carbonyl (C=O) groups excluding carboxylic acids is 2. The molecule has 1 aliphatic rings. The molecule has 2 aromatic carbocycles. The van der Waals surface area contributed by atoms with Gasteiger partial charge in [-0.1, -0.05) is 17.3 Å². The zero-order chi connectivity index (χ0) is 25.8. The number of carbonyl (C=O) groups is 2. The molecule has 1 fully saturated rings. The molecule has 0 bridgehead atoms. The summed E-state index contributed by atoms with van der Waals surface area (Å²) in [5.74, 6) is 1.83. The number of ether oxygens (including phenoxy) is 1. The minimum Gasteiger partial charge on any atom is -0.457 e. The van der Waals surface area contributed by atoms with Crippen molar-refractivity contribution in [1.82, 2.24) is 20.0 Å². The van der Waals surface area contributed by atoms with Crippen molar-refractivity contribution in [2.75, 3.05) is 6.54 Å². The average molecular weight is 498 g/mol. The molecule has 0 spiro atoms. The zero-order valence-electron chi connectivity index (χ0n) is 20.5. The van der Waals surface area contributed by atoms with E-state index >= 15 is 0 Å². The Hall–Kier alpha value is -4.53. The second-order valence-corrected chi connectivity index (χ2v) is 9.16. The van der Waals surface area contributed by atoms with Crippen LogP contribution in [0.2, 0.25) is 0 Å². The molecular formula is C28H27N5O4. The van der Waals surface area contributed by atoms with E-state index < -0.39 is 5.91 Å². The summed E-state index contributed by atoms with van der Waals surface area (Å²) in [5.41, 5.74) is 8.43. The van der Waals surface area contributed by atoms with Crippen LogP contribution in [-0.4, -0.2) is 38.4 Å². The van der Waals surface area contributed by atoms with Crippen LogP contribution in [0.5, 0.6) is 11.5 Å². The Bertz CT molecular complexity index is 1400. The predicted molar refractivity (Wildman–Crippen MR) is 136 cm³/mol. The Morgan fingerprint density at radius 3 is 2.70 bits per heavy atom. The number of aromatic nitrogens is 3. The third-order valence-corrected chi connectivity index (χ3v) is 6.40. The maximum absolute atomic E-state index is 12.8. The minimum absolute atomic E-state index is 0.107. The van der Waals surface area contributed by atoms with Crippen LogP contribution in [0.4, 0.5) is 0 Å². The van der Waals surface area contributed by atoms with Crippen molar-refractivity contribution in [1.29, 1.82) is 0 Å². The van der Waals surface area contributed by atoms with Crippen LogP contribution >= 0.6 is 0 Å². The summed E-state index contributed by atoms with van der Waals surface area (Å²) < 4.78 is 11.4. The maximum atomic E-state index is 12.8. The number of likely N-dealkylation sites (tertiary alicyclic amines) is 1. The number of nitrogens with zero attached hydrogens (tertiary/aromatic N) is 4. The molecular weight excluding hydrogens is 470 g/mol. The number of benzene rings is 2. The van der Waals surface area contributed by atoms with E-state index in [-0.39, 0.29) is 11.8 Å². The second-order valence-electron chi connectivity index (χ2n) is 9.16. The first-order chi connectivity index (χ1) is 17.9. The fraction of sp³-hybridized carbons (Fsp3) is 0.250. The Kier molecular flexibility index (Phi) is 6.93. The smallest absolute Gasteiger partial charge is 0.257 e. The van der Waals surface area contributed by atoms with Gasteiger partial charge in [-0.15, -0.1) is 0 Å². The highest BCUT2D eigenvalue weighted by Gasteiger charge is 2.30. The minimum atomic E-state index is -0.551. The van der Waals surface area contributed by atoms with Gasteiger partial charge in [-0.3, -0.25) is 14.6 Å². The highest BCUT2D eigenvalue weighted by molar-refractivity contribution is 5.93. The Balaban J connectivity index is 1.29. The molecule has 1 unspecified atom stereocenters. The lowest BCUT2D eigenvalue weighted by Gasteiger charge is -2.20. The maximum Gasteiger partial charge on any atom is 0.257 e. The molecule has 9 nitrogen and oxygen atoms in total. The average Bonchev–Trinajstić information content (AvgIpc) is 3.49. The number of nitrogens with two attached hydrogens (primary N) is 1. The number of aryl methyl sites for hydroxylation is 2. The monoisotopic (exact) mass is 497 g/mol. The van der Waals surface area contributed by atoms with Crippen LogP contribution in [-0.2, 0) is 17.8 Å². The molecule has 0 saturated carbocycles. The topological polar surface area (TPSA) is 124 Å². The number of primary amides is 1. The molecule has 37 heavy (non-hydrogen) atoms. The van der Waals surface area contributed by atoms with Gasteiger partial charge in [0.25, 0.3) is 5.89 Å². The molecule has 2 amide bonds. The highest BCUT2D eigenvalue weighted by atomic mass is 16.5. The first-order valence-electron chi connectivity index (χ1n) is 12.1. The van der Waals surface area contributed by atoms with E-state index in [0.717, 1.165) is 29.7 Å². The fourth-order valence-corrected chi connectivity index (χ4v) is 4.44. The van der Waals surface area contributed by atoms with Crippen molar-refractivity contribution >= 4 is 11.8 Å². The standard InChI is InChI=1S/C28H27N5O4/c1-18-31-28(37-32-18)20-8-11-24(12-9-20)36-25-15-21(27(29)35)6-7-22(25)17-33-16-19(14-26(33)34)5-10-23-4-2-3-13-30-23/h2-4,6-9,11-13,15,19H,5,10,14,16-17H2,1H3,(H2,29,35). The summed E-state index contributed by atoms with van der Waals surface area (Å²) in [5, 5.41) is 3.81. The molecule has 3 heterocycles. The molecule has 1 saturated heterocycles. The lowest BCUT2D eigenvalue weighted by Crippen LogP contribution is -2.25. The molecule has 4 aromatic rings. The Morgan fingerprint density at radius 1 is 1.16 bits per heavy atom. The van der Waals surface area contributed by atoms with Crippen molar-refractivity contribution in [2.45, 2.75) is 32.7 Å². The van der Waals surface area contributed by atoms with Crippen molar-refractivity contribution in [2.24, 2.45) is 11.7 Å². The quantitative estimate of drug-likeness (QED) is 0.365. The Morgan fingerprint density at radius 2 is 2.00 bits per heavy atom. The van der Waals surface area contributed by atoms with Crippen molar-refractivity contribution in [3.8, 4) is 23.0 Å². The normalized spacial score (nSPS) is 15.2. The van der Waals surface area contributed by atoms with Crippen LogP contribution in [0.1, 0.15) is 40.3 Å². The molecule has 0 aliphatic carbocycles. The van der Waals surface area contributed by atoms with Crippen LogP contribution < -0.4 is 10.5 Å². The summed E-state index contributed by atoms with van der Waals surface area (Å²) >= 11 is 0. The van der Waals surface area contributed by atoms with Gasteiger partial charge in [-0.05, 0) is 74.2 Å². The van der Waals surface area contributed by atoms with Crippen LogP contribution in [0.25, 0.3) is 11.5 Å². The van der Waals surface area contributed by atoms with Crippen LogP contribution in [0, 0.1) is 12.8 Å². The van der Waals surface area contributed by atoms with E-state index in [1.165, 1.54) is 0 Å². The van der Waals surface area contributed by atoms with E-state index in [0.29, 0.717) is 48.3 Å². The van der Waals surface area contributed by atoms with E-state index in [1.807, 2.05) is 35.2 Å². The largest absolute Gasteiger partial charge is 0.457 e. The van der Waals surface area contributed by atoms with Gasteiger partial charge in [0, 0.05) is 48.1 Å². The first kappa shape index (κ1) is 24.2. The van der Waals surface area contributed by atoms with Gasteiger partial charge in [-0.2, -0.15) is 4.98 Å². The van der Waals surface area contributed by atoms with Crippen molar-refractivity contribution in [3.05, 3.63) is 89.5 Å². The van der Waals surface area contributed by atoms with Gasteiger partial charge in [-0.25, -0.2) is 0 Å². The third kappa shape index (κ3) is 5.83. The summed E-state index contributed by atoms with van der Waals surface area (Å²) in [7, 11) is 0. The van der Waals surface area contributed by atoms with Gasteiger partial charge in [0.15, 0.2) is 5.82 Å². The van der Waals surface area contributed by atoms with E-state index in [4.69, 9.17) is 15.0 Å². The third-order valence-electron chi connectivity index (χ3n) is 6.40. The van der Waals surface area contributed by atoms with Crippen LogP contribution in [0.3, 0.4) is 0 Å². The molecule has 188 valence electrons. The molecule has 5 rings (SSSR count). The number of pyridine rings is 1. The predicted octanol–water partition coefficient (Wildman–Crippen LogP) is 4.31. The zero-order valence-corrected chi connectivity index (χ0v) is 20.5. The molecule has 2 N–H and O–H groups in total. The number of hydrogen-bond donors (Lipinski definition) is 1. The van der Waals surface area contributed by atoms with Gasteiger partial charge < -0.3 is 19.9 Å². The lowest BCUT2D eigenvalue weighted by molar-refractivity contribution is -0.128. The molecule has 0 radical (unpaired) electrons. The van der Waals surface area contributed by atoms with Gasteiger partial charge >= 0.3 is 0 Å². The van der Waals surface area contributed by atoms with E-state index in [1.54, 1.807) is 43.5 Å². The van der Waals surface area contributed by atoms with Gasteiger partial charge in [0.2, 0.25) is 11.8 Å². The number of rotatable bonds is 9.